The summed E-state index contributed by atoms with van der Waals surface area (Å²) in [7, 11) is 1.75. The Balaban J connectivity index is 2.23. The average molecular weight is 236 g/mol. The van der Waals surface area contributed by atoms with E-state index in [0.717, 1.165) is 19.5 Å². The summed E-state index contributed by atoms with van der Waals surface area (Å²) >= 11 is 0. The van der Waals surface area contributed by atoms with Crippen LogP contribution in [0.2, 0.25) is 0 Å². The number of rotatable bonds is 2. The van der Waals surface area contributed by atoms with Gasteiger partial charge in [0.25, 0.3) is 5.56 Å². The molecule has 2 atom stereocenters. The number of piperidine rings is 1. The second-order valence-electron chi connectivity index (χ2n) is 4.87. The van der Waals surface area contributed by atoms with Crippen LogP contribution in [0, 0.1) is 11.8 Å². The topological polar surface area (TPSA) is 64.2 Å². The van der Waals surface area contributed by atoms with Crippen LogP contribution in [0.15, 0.2) is 17.2 Å². The van der Waals surface area contributed by atoms with Gasteiger partial charge in [-0.2, -0.15) is 0 Å². The molecule has 5 heteroatoms. The maximum Gasteiger partial charge on any atom is 0.293 e. The van der Waals surface area contributed by atoms with Gasteiger partial charge in [0.15, 0.2) is 5.82 Å². The summed E-state index contributed by atoms with van der Waals surface area (Å²) in [5.41, 5.74) is 5.74. The molecule has 0 amide bonds. The molecule has 0 aliphatic carbocycles. The van der Waals surface area contributed by atoms with Gasteiger partial charge in [0.05, 0.1) is 0 Å². The van der Waals surface area contributed by atoms with Gasteiger partial charge in [-0.25, -0.2) is 4.98 Å². The van der Waals surface area contributed by atoms with E-state index >= 15 is 0 Å². The van der Waals surface area contributed by atoms with Crippen LogP contribution in [0.5, 0.6) is 0 Å². The van der Waals surface area contributed by atoms with Crippen molar-refractivity contribution in [2.45, 2.75) is 13.3 Å². The monoisotopic (exact) mass is 236 g/mol. The molecule has 2 unspecified atom stereocenters. The van der Waals surface area contributed by atoms with Gasteiger partial charge >= 0.3 is 0 Å². The number of aromatic nitrogens is 2. The lowest BCUT2D eigenvalue weighted by atomic mass is 9.87. The van der Waals surface area contributed by atoms with E-state index in [4.69, 9.17) is 5.73 Å². The summed E-state index contributed by atoms with van der Waals surface area (Å²) < 4.78 is 1.57. The minimum atomic E-state index is -0.0298. The van der Waals surface area contributed by atoms with Crippen LogP contribution in [0.1, 0.15) is 13.3 Å². The van der Waals surface area contributed by atoms with Crippen LogP contribution < -0.4 is 16.2 Å². The van der Waals surface area contributed by atoms with Gasteiger partial charge in [-0.05, 0) is 24.8 Å². The minimum absolute atomic E-state index is 0.0298. The van der Waals surface area contributed by atoms with Crippen LogP contribution in [0.4, 0.5) is 5.82 Å². The largest absolute Gasteiger partial charge is 0.352 e. The highest BCUT2D eigenvalue weighted by Gasteiger charge is 2.27. The highest BCUT2D eigenvalue weighted by atomic mass is 16.1. The van der Waals surface area contributed by atoms with Gasteiger partial charge in [-0.3, -0.25) is 4.79 Å². The lowest BCUT2D eigenvalue weighted by molar-refractivity contribution is 0.306. The predicted octanol–water partition coefficient (Wildman–Crippen LogP) is 0.201. The number of nitrogens with two attached hydrogens (primary N) is 1. The summed E-state index contributed by atoms with van der Waals surface area (Å²) in [5.74, 6) is 1.64. The average Bonchev–Trinajstić information content (AvgIpc) is 2.34. The molecule has 0 radical (unpaired) electrons. The Labute approximate surface area is 101 Å². The Kier molecular flexibility index (Phi) is 3.47. The second kappa shape index (κ2) is 4.87. The third-order valence-corrected chi connectivity index (χ3v) is 3.72. The predicted molar refractivity (Wildman–Crippen MR) is 68.0 cm³/mol. The molecule has 1 aromatic heterocycles. The lowest BCUT2D eigenvalue weighted by Gasteiger charge is -2.36. The van der Waals surface area contributed by atoms with Gasteiger partial charge in [0.1, 0.15) is 0 Å². The molecular formula is C12H20N4O. The summed E-state index contributed by atoms with van der Waals surface area (Å²) in [6.45, 7) is 4.63. The van der Waals surface area contributed by atoms with E-state index in [-0.39, 0.29) is 5.56 Å². The van der Waals surface area contributed by atoms with E-state index in [2.05, 4.69) is 16.8 Å². The van der Waals surface area contributed by atoms with Gasteiger partial charge in [-0.15, -0.1) is 0 Å². The first-order valence-electron chi connectivity index (χ1n) is 6.10. The minimum Gasteiger partial charge on any atom is -0.352 e. The van der Waals surface area contributed by atoms with Crippen LogP contribution in [-0.4, -0.2) is 29.2 Å². The Morgan fingerprint density at radius 2 is 2.35 bits per heavy atom. The molecule has 2 heterocycles. The molecule has 0 bridgehead atoms. The molecule has 1 aliphatic heterocycles. The molecule has 1 aliphatic rings. The lowest BCUT2D eigenvalue weighted by Crippen LogP contribution is -2.45. The van der Waals surface area contributed by atoms with Gasteiger partial charge in [0.2, 0.25) is 0 Å². The maximum atomic E-state index is 12.0. The highest BCUT2D eigenvalue weighted by Crippen LogP contribution is 2.23. The van der Waals surface area contributed by atoms with Crippen molar-refractivity contribution in [3.05, 3.63) is 22.7 Å². The first kappa shape index (κ1) is 12.1. The molecule has 2 N–H and O–H groups in total. The van der Waals surface area contributed by atoms with Crippen molar-refractivity contribution in [1.82, 2.24) is 9.55 Å². The van der Waals surface area contributed by atoms with Crippen molar-refractivity contribution in [3.63, 3.8) is 0 Å². The SMILES string of the molecule is CC1CCN(c2nccn(C)c2=O)CC1CN. The molecule has 0 spiro atoms. The fraction of sp³-hybridized carbons (Fsp3) is 0.667. The van der Waals surface area contributed by atoms with Crippen molar-refractivity contribution >= 4 is 5.82 Å². The Morgan fingerprint density at radius 3 is 3.06 bits per heavy atom. The number of nitrogens with zero attached hydrogens (tertiary/aromatic N) is 3. The van der Waals surface area contributed by atoms with E-state index in [1.165, 1.54) is 0 Å². The zero-order valence-corrected chi connectivity index (χ0v) is 10.5. The molecule has 1 aromatic rings. The van der Waals surface area contributed by atoms with E-state index in [1.54, 1.807) is 24.0 Å². The molecule has 1 fully saturated rings. The van der Waals surface area contributed by atoms with Gasteiger partial charge < -0.3 is 15.2 Å². The van der Waals surface area contributed by atoms with Crippen molar-refractivity contribution in [1.29, 1.82) is 0 Å². The van der Waals surface area contributed by atoms with E-state index in [1.807, 2.05) is 0 Å². The molecule has 1 saturated heterocycles. The molecular weight excluding hydrogens is 216 g/mol. The summed E-state index contributed by atoms with van der Waals surface area (Å²) in [6.07, 6.45) is 4.42. The van der Waals surface area contributed by atoms with Crippen molar-refractivity contribution in [2.24, 2.45) is 24.6 Å². The molecule has 0 aromatic carbocycles. The molecule has 17 heavy (non-hydrogen) atoms. The Bertz CT molecular complexity index is 442. The fourth-order valence-corrected chi connectivity index (χ4v) is 2.35. The van der Waals surface area contributed by atoms with Gasteiger partial charge in [-0.1, -0.05) is 6.92 Å². The summed E-state index contributed by atoms with van der Waals surface area (Å²) in [4.78, 5) is 18.2. The van der Waals surface area contributed by atoms with Crippen LogP contribution >= 0.6 is 0 Å². The van der Waals surface area contributed by atoms with E-state index in [0.29, 0.717) is 24.2 Å². The number of hydrogen-bond acceptors (Lipinski definition) is 4. The molecule has 0 saturated carbocycles. The van der Waals surface area contributed by atoms with Crippen molar-refractivity contribution in [2.75, 3.05) is 24.5 Å². The second-order valence-corrected chi connectivity index (χ2v) is 4.87. The standard InChI is InChI=1S/C12H20N4O/c1-9-3-5-16(8-10(9)7-13)11-12(17)15(2)6-4-14-11/h4,6,9-10H,3,5,7-8,13H2,1-2H3. The third kappa shape index (κ3) is 2.34. The maximum absolute atomic E-state index is 12.0. The van der Waals surface area contributed by atoms with Crippen LogP contribution in [0.3, 0.4) is 0 Å². The summed E-state index contributed by atoms with van der Waals surface area (Å²) in [6, 6.07) is 0. The summed E-state index contributed by atoms with van der Waals surface area (Å²) in [5, 5.41) is 0. The normalized spacial score (nSPS) is 25.0. The zero-order chi connectivity index (χ0) is 12.4. The van der Waals surface area contributed by atoms with E-state index < -0.39 is 0 Å². The number of anilines is 1. The van der Waals surface area contributed by atoms with E-state index in [9.17, 15) is 4.79 Å². The van der Waals surface area contributed by atoms with Crippen molar-refractivity contribution in [3.8, 4) is 0 Å². The fourth-order valence-electron chi connectivity index (χ4n) is 2.35. The highest BCUT2D eigenvalue weighted by molar-refractivity contribution is 5.36. The smallest absolute Gasteiger partial charge is 0.293 e. The van der Waals surface area contributed by atoms with Gasteiger partial charge in [0, 0.05) is 32.5 Å². The molecule has 5 nitrogen and oxygen atoms in total. The first-order valence-corrected chi connectivity index (χ1v) is 6.10. The quantitative estimate of drug-likeness (QED) is 0.797. The number of hydrogen-bond donors (Lipinski definition) is 1. The van der Waals surface area contributed by atoms with Crippen LogP contribution in [-0.2, 0) is 7.05 Å². The Hall–Kier alpha value is -1.36. The van der Waals surface area contributed by atoms with Crippen LogP contribution in [0.25, 0.3) is 0 Å². The zero-order valence-electron chi connectivity index (χ0n) is 10.5. The molecule has 2 rings (SSSR count). The first-order chi connectivity index (χ1) is 8.13. The number of aryl methyl sites for hydroxylation is 1. The Morgan fingerprint density at radius 1 is 1.59 bits per heavy atom. The third-order valence-electron chi connectivity index (χ3n) is 3.72. The molecule has 94 valence electrons. The van der Waals surface area contributed by atoms with Crippen molar-refractivity contribution < 1.29 is 0 Å².